The summed E-state index contributed by atoms with van der Waals surface area (Å²) >= 11 is 0. The average Bonchev–Trinajstić information content (AvgIpc) is 3.04. The van der Waals surface area contributed by atoms with Crippen molar-refractivity contribution >= 4 is 24.1 Å². The zero-order chi connectivity index (χ0) is 15.4. The summed E-state index contributed by atoms with van der Waals surface area (Å²) in [6.45, 7) is 1.20. The number of Topliss-reactive ketones (excluding diaryl/α,β-unsaturated/α-hetero) is 1. The number of carbonyl (C=O) groups excluding carboxylic acids is 4. The molecule has 0 N–H and O–H groups in total. The van der Waals surface area contributed by atoms with Crippen LogP contribution in [-0.4, -0.2) is 56.1 Å². The molecular weight excluding hydrogens is 288 g/mol. The minimum absolute atomic E-state index is 0.00378. The standard InChI is InChI=1S/C12H14O9/c1-6(9(13)2-7-3-18-11(15)20-7)10(14)17-4-8-5-19-12(16)21-8/h6-8H,2-5H2,1H3. The second-order valence-electron chi connectivity index (χ2n) is 4.62. The highest BCUT2D eigenvalue weighted by Crippen LogP contribution is 2.14. The summed E-state index contributed by atoms with van der Waals surface area (Å²) in [5.41, 5.74) is 0. The first-order valence-electron chi connectivity index (χ1n) is 6.32. The second kappa shape index (κ2) is 6.42. The Hall–Kier alpha value is -2.32. The predicted octanol–water partition coefficient (Wildman–Crippen LogP) is 0.196. The molecular formula is C12H14O9. The molecule has 0 aromatic rings. The van der Waals surface area contributed by atoms with Gasteiger partial charge < -0.3 is 23.7 Å². The lowest BCUT2D eigenvalue weighted by Crippen LogP contribution is -2.30. The molecule has 0 bridgehead atoms. The molecule has 0 amide bonds. The molecule has 0 spiro atoms. The Kier molecular flexibility index (Phi) is 4.61. The van der Waals surface area contributed by atoms with Crippen LogP contribution in [0, 0.1) is 5.92 Å². The van der Waals surface area contributed by atoms with E-state index in [0.717, 1.165) is 0 Å². The second-order valence-corrected chi connectivity index (χ2v) is 4.62. The summed E-state index contributed by atoms with van der Waals surface area (Å²) in [6.07, 6.45) is -3.10. The molecule has 0 aromatic carbocycles. The Morgan fingerprint density at radius 1 is 1.14 bits per heavy atom. The first kappa shape index (κ1) is 15.1. The van der Waals surface area contributed by atoms with E-state index in [4.69, 9.17) is 9.47 Å². The Morgan fingerprint density at radius 2 is 1.71 bits per heavy atom. The van der Waals surface area contributed by atoms with Crippen LogP contribution in [0.1, 0.15) is 13.3 Å². The summed E-state index contributed by atoms with van der Waals surface area (Å²) < 4.78 is 23.3. The van der Waals surface area contributed by atoms with E-state index in [1.54, 1.807) is 0 Å². The molecule has 0 radical (unpaired) electrons. The number of hydrogen-bond donors (Lipinski definition) is 0. The minimum atomic E-state index is -1.01. The SMILES string of the molecule is CC(C(=O)CC1COC(=O)O1)C(=O)OCC1COC(=O)O1. The van der Waals surface area contributed by atoms with Gasteiger partial charge in [-0.3, -0.25) is 9.59 Å². The van der Waals surface area contributed by atoms with Crippen LogP contribution in [0.15, 0.2) is 0 Å². The van der Waals surface area contributed by atoms with Crippen LogP contribution in [0.2, 0.25) is 0 Å². The van der Waals surface area contributed by atoms with Crippen LogP contribution in [0.3, 0.4) is 0 Å². The lowest BCUT2D eigenvalue weighted by Gasteiger charge is -2.13. The fourth-order valence-corrected chi connectivity index (χ4v) is 1.75. The van der Waals surface area contributed by atoms with E-state index in [1.807, 2.05) is 0 Å². The van der Waals surface area contributed by atoms with E-state index in [9.17, 15) is 19.2 Å². The predicted molar refractivity (Wildman–Crippen MR) is 62.2 cm³/mol. The van der Waals surface area contributed by atoms with Crippen molar-refractivity contribution in [1.29, 1.82) is 0 Å². The third kappa shape index (κ3) is 4.07. The van der Waals surface area contributed by atoms with Crippen molar-refractivity contribution in [3.63, 3.8) is 0 Å². The molecule has 2 aliphatic heterocycles. The van der Waals surface area contributed by atoms with Gasteiger partial charge in [0.05, 0.1) is 0 Å². The number of ketones is 1. The summed E-state index contributed by atoms with van der Waals surface area (Å²) in [6, 6.07) is 0. The van der Waals surface area contributed by atoms with E-state index >= 15 is 0 Å². The van der Waals surface area contributed by atoms with Gasteiger partial charge in [0.15, 0.2) is 11.9 Å². The molecule has 116 valence electrons. The Labute approximate surface area is 119 Å². The lowest BCUT2D eigenvalue weighted by molar-refractivity contribution is -0.153. The van der Waals surface area contributed by atoms with Crippen LogP contribution in [-0.2, 0) is 33.3 Å². The number of hydrogen-bond acceptors (Lipinski definition) is 9. The topological polar surface area (TPSA) is 114 Å². The number of ether oxygens (including phenoxy) is 5. The summed E-state index contributed by atoms with van der Waals surface area (Å²) in [4.78, 5) is 44.9. The molecule has 3 unspecified atom stereocenters. The van der Waals surface area contributed by atoms with Crippen molar-refractivity contribution in [3.05, 3.63) is 0 Å². The third-order valence-electron chi connectivity index (χ3n) is 2.98. The maximum absolute atomic E-state index is 11.8. The van der Waals surface area contributed by atoms with E-state index in [-0.39, 0.29) is 26.2 Å². The monoisotopic (exact) mass is 302 g/mol. The highest BCUT2D eigenvalue weighted by molar-refractivity contribution is 5.98. The van der Waals surface area contributed by atoms with Gasteiger partial charge in [0.25, 0.3) is 0 Å². The zero-order valence-electron chi connectivity index (χ0n) is 11.2. The molecule has 0 aliphatic carbocycles. The molecule has 0 saturated carbocycles. The van der Waals surface area contributed by atoms with Crippen molar-refractivity contribution in [2.24, 2.45) is 5.92 Å². The molecule has 2 heterocycles. The van der Waals surface area contributed by atoms with Crippen LogP contribution in [0.25, 0.3) is 0 Å². The van der Waals surface area contributed by atoms with Gasteiger partial charge in [-0.1, -0.05) is 0 Å². The maximum atomic E-state index is 11.8. The molecule has 3 atom stereocenters. The Bertz CT molecular complexity index is 458. The third-order valence-corrected chi connectivity index (χ3v) is 2.98. The summed E-state index contributed by atoms with van der Waals surface area (Å²) in [5, 5.41) is 0. The molecule has 2 saturated heterocycles. The van der Waals surface area contributed by atoms with E-state index in [1.165, 1.54) is 6.92 Å². The van der Waals surface area contributed by atoms with Gasteiger partial charge in [-0.2, -0.15) is 0 Å². The highest BCUT2D eigenvalue weighted by Gasteiger charge is 2.33. The van der Waals surface area contributed by atoms with Crippen molar-refractivity contribution in [1.82, 2.24) is 0 Å². The normalized spacial score (nSPS) is 25.4. The maximum Gasteiger partial charge on any atom is 0.508 e. The van der Waals surface area contributed by atoms with Gasteiger partial charge in [0.1, 0.15) is 31.8 Å². The zero-order valence-corrected chi connectivity index (χ0v) is 11.2. The van der Waals surface area contributed by atoms with Gasteiger partial charge in [-0.15, -0.1) is 0 Å². The summed E-state index contributed by atoms with van der Waals surface area (Å²) in [5.74, 6) is -2.18. The van der Waals surface area contributed by atoms with Crippen molar-refractivity contribution in [2.45, 2.75) is 25.6 Å². The minimum Gasteiger partial charge on any atom is -0.461 e. The molecule has 21 heavy (non-hydrogen) atoms. The molecule has 9 nitrogen and oxygen atoms in total. The van der Waals surface area contributed by atoms with Crippen LogP contribution in [0.4, 0.5) is 9.59 Å². The first-order chi connectivity index (χ1) is 9.95. The molecule has 2 aliphatic rings. The number of carbonyl (C=O) groups is 4. The molecule has 2 fully saturated rings. The van der Waals surface area contributed by atoms with Gasteiger partial charge >= 0.3 is 18.3 Å². The summed E-state index contributed by atoms with van der Waals surface area (Å²) in [7, 11) is 0. The molecule has 2 rings (SSSR count). The quantitative estimate of drug-likeness (QED) is 0.385. The van der Waals surface area contributed by atoms with Crippen LogP contribution in [0.5, 0.6) is 0 Å². The largest absolute Gasteiger partial charge is 0.508 e. The van der Waals surface area contributed by atoms with Gasteiger partial charge in [-0.25, -0.2) is 9.59 Å². The van der Waals surface area contributed by atoms with E-state index in [0.29, 0.717) is 0 Å². The smallest absolute Gasteiger partial charge is 0.461 e. The van der Waals surface area contributed by atoms with Crippen molar-refractivity contribution in [2.75, 3.05) is 19.8 Å². The van der Waals surface area contributed by atoms with Crippen LogP contribution < -0.4 is 0 Å². The number of cyclic esters (lactones) is 4. The Morgan fingerprint density at radius 3 is 2.24 bits per heavy atom. The fourth-order valence-electron chi connectivity index (χ4n) is 1.75. The van der Waals surface area contributed by atoms with Gasteiger partial charge in [0, 0.05) is 6.42 Å². The number of rotatable bonds is 6. The van der Waals surface area contributed by atoms with Crippen LogP contribution >= 0.6 is 0 Å². The van der Waals surface area contributed by atoms with Gasteiger partial charge in [-0.05, 0) is 6.92 Å². The molecule has 9 heteroatoms. The van der Waals surface area contributed by atoms with E-state index < -0.39 is 42.2 Å². The lowest BCUT2D eigenvalue weighted by atomic mass is 10.0. The van der Waals surface area contributed by atoms with E-state index in [2.05, 4.69) is 14.2 Å². The van der Waals surface area contributed by atoms with Crippen molar-refractivity contribution < 1.29 is 42.9 Å². The molecule has 0 aromatic heterocycles. The first-order valence-corrected chi connectivity index (χ1v) is 6.32. The highest BCUT2D eigenvalue weighted by atomic mass is 16.8. The fraction of sp³-hybridized carbons (Fsp3) is 0.667. The van der Waals surface area contributed by atoms with Crippen molar-refractivity contribution in [3.8, 4) is 0 Å². The average molecular weight is 302 g/mol. The Balaban J connectivity index is 1.72. The number of esters is 1. The van der Waals surface area contributed by atoms with Gasteiger partial charge in [0.2, 0.25) is 0 Å².